The van der Waals surface area contributed by atoms with Gasteiger partial charge in [0.2, 0.25) is 6.29 Å². The maximum atomic E-state index is 12.6. The van der Waals surface area contributed by atoms with Crippen LogP contribution in [0.3, 0.4) is 0 Å². The number of hydrogen-bond acceptors (Lipinski definition) is 7. The van der Waals surface area contributed by atoms with Gasteiger partial charge in [-0.3, -0.25) is 4.79 Å². The Morgan fingerprint density at radius 3 is 2.48 bits per heavy atom. The maximum absolute atomic E-state index is 12.6. The third kappa shape index (κ3) is 3.99. The molecule has 1 fully saturated rings. The Kier molecular flexibility index (Phi) is 5.54. The number of benzene rings is 2. The molecule has 1 heterocycles. The minimum atomic E-state index is -1.39. The molecule has 0 aromatic heterocycles. The summed E-state index contributed by atoms with van der Waals surface area (Å²) < 4.78 is 10.8. The van der Waals surface area contributed by atoms with Crippen molar-refractivity contribution in [2.45, 2.75) is 31.5 Å². The van der Waals surface area contributed by atoms with Gasteiger partial charge in [0.05, 0.1) is 18.2 Å². The van der Waals surface area contributed by atoms with Crippen LogP contribution in [0.1, 0.15) is 27.0 Å². The predicted octanol–water partition coefficient (Wildman–Crippen LogP) is 0.916. The highest BCUT2D eigenvalue weighted by Crippen LogP contribution is 2.24. The lowest BCUT2D eigenvalue weighted by molar-refractivity contribution is -0.242. The van der Waals surface area contributed by atoms with E-state index in [9.17, 15) is 20.1 Å². The van der Waals surface area contributed by atoms with Gasteiger partial charge in [-0.2, -0.15) is 5.26 Å². The molecule has 0 unspecified atom stereocenters. The molecule has 0 spiro atoms. The average Bonchev–Trinajstić information content (AvgIpc) is 2.68. The summed E-state index contributed by atoms with van der Waals surface area (Å²) in [5, 5.41) is 37.9. The van der Waals surface area contributed by atoms with Crippen molar-refractivity contribution >= 4 is 5.78 Å². The van der Waals surface area contributed by atoms with E-state index in [-0.39, 0.29) is 12.4 Å². The van der Waals surface area contributed by atoms with Crippen LogP contribution >= 0.6 is 0 Å². The Labute approximate surface area is 156 Å². The lowest BCUT2D eigenvalue weighted by Crippen LogP contribution is -2.54. The first-order valence-electron chi connectivity index (χ1n) is 8.38. The Morgan fingerprint density at radius 1 is 1.15 bits per heavy atom. The van der Waals surface area contributed by atoms with E-state index < -0.39 is 24.6 Å². The zero-order valence-electron chi connectivity index (χ0n) is 14.6. The summed E-state index contributed by atoms with van der Waals surface area (Å²) in [5.41, 5.74) is 2.08. The molecular formula is C20H19NO6. The van der Waals surface area contributed by atoms with Gasteiger partial charge in [0, 0.05) is 11.1 Å². The average molecular weight is 369 g/mol. The van der Waals surface area contributed by atoms with Crippen LogP contribution in [0.25, 0.3) is 0 Å². The van der Waals surface area contributed by atoms with E-state index in [0.29, 0.717) is 28.0 Å². The second-order valence-electron chi connectivity index (χ2n) is 6.36. The number of nitrogens with zero attached hydrogens (tertiary/aromatic N) is 1. The smallest absolute Gasteiger partial charge is 0.228 e. The first-order valence-corrected chi connectivity index (χ1v) is 8.38. The molecule has 1 saturated heterocycles. The van der Waals surface area contributed by atoms with Crippen molar-refractivity contribution in [3.8, 4) is 11.8 Å². The van der Waals surface area contributed by atoms with Gasteiger partial charge in [-0.15, -0.1) is 0 Å². The largest absolute Gasteiger partial charge is 0.462 e. The molecule has 0 radical (unpaired) electrons. The van der Waals surface area contributed by atoms with Crippen LogP contribution in [-0.2, 0) is 4.74 Å². The molecule has 7 nitrogen and oxygen atoms in total. The van der Waals surface area contributed by atoms with E-state index in [0.717, 1.165) is 0 Å². The van der Waals surface area contributed by atoms with E-state index in [4.69, 9.17) is 14.7 Å². The summed E-state index contributed by atoms with van der Waals surface area (Å²) in [5.74, 6) is 0.174. The number of carbonyl (C=O) groups excluding carboxylic acids is 1. The summed E-state index contributed by atoms with van der Waals surface area (Å²) in [4.78, 5) is 12.6. The second-order valence-corrected chi connectivity index (χ2v) is 6.36. The number of rotatable bonds is 4. The van der Waals surface area contributed by atoms with Crippen LogP contribution in [0, 0.1) is 18.3 Å². The molecule has 0 saturated carbocycles. The van der Waals surface area contributed by atoms with Crippen molar-refractivity contribution in [1.82, 2.24) is 0 Å². The summed E-state index contributed by atoms with van der Waals surface area (Å²) in [6.45, 7) is 1.59. The third-order valence-electron chi connectivity index (χ3n) is 4.43. The lowest BCUT2D eigenvalue weighted by atomic mass is 9.98. The number of aryl methyl sites for hydroxylation is 1. The van der Waals surface area contributed by atoms with Crippen LogP contribution in [0.2, 0.25) is 0 Å². The van der Waals surface area contributed by atoms with Gasteiger partial charge in [-0.25, -0.2) is 0 Å². The highest BCUT2D eigenvalue weighted by atomic mass is 16.7. The summed E-state index contributed by atoms with van der Waals surface area (Å²) >= 11 is 0. The summed E-state index contributed by atoms with van der Waals surface area (Å²) in [6, 6.07) is 13.2. The highest BCUT2D eigenvalue weighted by Gasteiger charge is 2.39. The molecule has 3 N–H and O–H groups in total. The van der Waals surface area contributed by atoms with Gasteiger partial charge in [-0.1, -0.05) is 0 Å². The number of ketones is 1. The molecule has 0 amide bonds. The van der Waals surface area contributed by atoms with Crippen molar-refractivity contribution in [3.05, 3.63) is 64.7 Å². The Morgan fingerprint density at radius 2 is 1.85 bits per heavy atom. The van der Waals surface area contributed by atoms with Crippen molar-refractivity contribution < 1.29 is 29.6 Å². The van der Waals surface area contributed by atoms with E-state index in [1.54, 1.807) is 49.4 Å². The fraction of sp³-hybridized carbons (Fsp3) is 0.300. The third-order valence-corrected chi connectivity index (χ3v) is 4.43. The molecule has 3 rings (SSSR count). The maximum Gasteiger partial charge on any atom is 0.228 e. The number of hydrogen-bond donors (Lipinski definition) is 3. The molecule has 140 valence electrons. The molecule has 4 atom stereocenters. The molecule has 0 bridgehead atoms. The van der Waals surface area contributed by atoms with Crippen molar-refractivity contribution in [2.24, 2.45) is 0 Å². The normalized spacial score (nSPS) is 24.9. The molecule has 1 aliphatic heterocycles. The summed E-state index contributed by atoms with van der Waals surface area (Å²) in [6.07, 6.45) is -5.05. The highest BCUT2D eigenvalue weighted by molar-refractivity contribution is 6.10. The Balaban J connectivity index is 1.75. The Bertz CT molecular complexity index is 873. The van der Waals surface area contributed by atoms with Gasteiger partial charge in [-0.05, 0) is 55.0 Å². The van der Waals surface area contributed by atoms with Crippen LogP contribution in [-0.4, -0.2) is 52.3 Å². The number of ether oxygens (including phenoxy) is 2. The molecule has 0 aliphatic carbocycles. The quantitative estimate of drug-likeness (QED) is 0.685. The van der Waals surface area contributed by atoms with Crippen molar-refractivity contribution in [1.29, 1.82) is 5.26 Å². The number of aliphatic hydroxyl groups excluding tert-OH is 3. The Hall–Kier alpha value is -2.76. The van der Waals surface area contributed by atoms with Gasteiger partial charge in [0.15, 0.2) is 5.78 Å². The van der Waals surface area contributed by atoms with Gasteiger partial charge in [0.25, 0.3) is 0 Å². The van der Waals surface area contributed by atoms with Crippen LogP contribution in [0.4, 0.5) is 0 Å². The zero-order valence-corrected chi connectivity index (χ0v) is 14.6. The molecule has 2 aromatic carbocycles. The predicted molar refractivity (Wildman–Crippen MR) is 94.2 cm³/mol. The van der Waals surface area contributed by atoms with Crippen LogP contribution in [0.5, 0.6) is 5.75 Å². The molecule has 27 heavy (non-hydrogen) atoms. The SMILES string of the molecule is Cc1cc(O[C@@H]2OC[C@@H](O)[C@H](O)[C@@H]2O)ccc1C(=O)c1ccc(C#N)cc1. The molecule has 2 aromatic rings. The first kappa shape index (κ1) is 19.0. The zero-order chi connectivity index (χ0) is 19.6. The minimum absolute atomic E-state index is 0.156. The van der Waals surface area contributed by atoms with Gasteiger partial charge < -0.3 is 24.8 Å². The van der Waals surface area contributed by atoms with Crippen LogP contribution in [0.15, 0.2) is 42.5 Å². The molecule has 1 aliphatic rings. The minimum Gasteiger partial charge on any atom is -0.462 e. The van der Waals surface area contributed by atoms with E-state index >= 15 is 0 Å². The number of nitriles is 1. The van der Waals surface area contributed by atoms with Crippen molar-refractivity contribution in [2.75, 3.05) is 6.61 Å². The number of aliphatic hydroxyl groups is 3. The van der Waals surface area contributed by atoms with E-state index in [2.05, 4.69) is 0 Å². The van der Waals surface area contributed by atoms with Crippen LogP contribution < -0.4 is 4.74 Å². The number of carbonyl (C=O) groups is 1. The second kappa shape index (κ2) is 7.86. The standard InChI is InChI=1S/C20H19NO6/c1-11-8-14(27-20-19(25)18(24)16(22)10-26-20)6-7-15(11)17(23)13-4-2-12(9-21)3-5-13/h2-8,16,18-20,22,24-25H,10H2,1H3/t16-,18+,19+,20+/m1/s1. The van der Waals surface area contributed by atoms with Gasteiger partial charge >= 0.3 is 0 Å². The van der Waals surface area contributed by atoms with E-state index in [1.165, 1.54) is 0 Å². The van der Waals surface area contributed by atoms with Crippen molar-refractivity contribution in [3.63, 3.8) is 0 Å². The fourth-order valence-corrected chi connectivity index (χ4v) is 2.83. The fourth-order valence-electron chi connectivity index (χ4n) is 2.83. The van der Waals surface area contributed by atoms with Gasteiger partial charge in [0.1, 0.15) is 24.1 Å². The molecule has 7 heteroatoms. The molecular weight excluding hydrogens is 350 g/mol. The van der Waals surface area contributed by atoms with E-state index in [1.807, 2.05) is 6.07 Å². The first-order chi connectivity index (χ1) is 12.9. The lowest BCUT2D eigenvalue weighted by Gasteiger charge is -2.35. The monoisotopic (exact) mass is 369 g/mol. The topological polar surface area (TPSA) is 120 Å². The summed E-state index contributed by atoms with van der Waals surface area (Å²) in [7, 11) is 0.